The highest BCUT2D eigenvalue weighted by atomic mass is 32.2. The summed E-state index contributed by atoms with van der Waals surface area (Å²) in [6.07, 6.45) is 3.19. The second kappa shape index (κ2) is 6.00. The SMILES string of the molecule is CC(CNC(=O)C1CCCCS1)C(=O)O. The van der Waals surface area contributed by atoms with Crippen molar-refractivity contribution in [2.75, 3.05) is 12.3 Å². The van der Waals surface area contributed by atoms with Crippen LogP contribution in [0.2, 0.25) is 0 Å². The van der Waals surface area contributed by atoms with E-state index in [1.807, 2.05) is 0 Å². The second-order valence-corrected chi connectivity index (χ2v) is 5.15. The van der Waals surface area contributed by atoms with Gasteiger partial charge in [-0.05, 0) is 18.6 Å². The molecule has 1 fully saturated rings. The summed E-state index contributed by atoms with van der Waals surface area (Å²) in [4.78, 5) is 22.1. The van der Waals surface area contributed by atoms with Gasteiger partial charge < -0.3 is 10.4 Å². The Hall–Kier alpha value is -0.710. The van der Waals surface area contributed by atoms with E-state index in [1.165, 1.54) is 6.42 Å². The van der Waals surface area contributed by atoms with Gasteiger partial charge in [0.1, 0.15) is 0 Å². The molecule has 1 aliphatic heterocycles. The summed E-state index contributed by atoms with van der Waals surface area (Å²) < 4.78 is 0. The molecule has 0 aromatic carbocycles. The molecule has 1 heterocycles. The van der Waals surface area contributed by atoms with E-state index in [0.717, 1.165) is 18.6 Å². The van der Waals surface area contributed by atoms with E-state index >= 15 is 0 Å². The number of rotatable bonds is 4. The van der Waals surface area contributed by atoms with Crippen LogP contribution in [-0.4, -0.2) is 34.5 Å². The maximum absolute atomic E-state index is 11.6. The quantitative estimate of drug-likeness (QED) is 0.760. The van der Waals surface area contributed by atoms with Crippen molar-refractivity contribution in [3.05, 3.63) is 0 Å². The Morgan fingerprint density at radius 2 is 2.27 bits per heavy atom. The van der Waals surface area contributed by atoms with Crippen LogP contribution in [0.25, 0.3) is 0 Å². The van der Waals surface area contributed by atoms with Crippen LogP contribution in [-0.2, 0) is 9.59 Å². The first kappa shape index (κ1) is 12.4. The predicted octanol–water partition coefficient (Wildman–Crippen LogP) is 1.11. The molecule has 0 radical (unpaired) electrons. The molecule has 86 valence electrons. The molecule has 0 spiro atoms. The Labute approximate surface area is 93.8 Å². The molecule has 1 rings (SSSR count). The van der Waals surface area contributed by atoms with Crippen molar-refractivity contribution in [1.82, 2.24) is 5.32 Å². The zero-order valence-electron chi connectivity index (χ0n) is 8.86. The molecule has 1 saturated heterocycles. The number of carboxylic acids is 1. The lowest BCUT2D eigenvalue weighted by Gasteiger charge is -2.20. The number of aliphatic carboxylic acids is 1. The first-order chi connectivity index (χ1) is 7.11. The van der Waals surface area contributed by atoms with Crippen LogP contribution in [0.4, 0.5) is 0 Å². The highest BCUT2D eigenvalue weighted by Gasteiger charge is 2.22. The second-order valence-electron chi connectivity index (χ2n) is 3.84. The maximum Gasteiger partial charge on any atom is 0.308 e. The summed E-state index contributed by atoms with van der Waals surface area (Å²) >= 11 is 1.67. The lowest BCUT2D eigenvalue weighted by atomic mass is 10.1. The number of thioether (sulfide) groups is 1. The predicted molar refractivity (Wildman–Crippen MR) is 59.9 cm³/mol. The van der Waals surface area contributed by atoms with Crippen LogP contribution in [0.1, 0.15) is 26.2 Å². The molecule has 1 aliphatic rings. The third kappa shape index (κ3) is 4.11. The van der Waals surface area contributed by atoms with Gasteiger partial charge in [-0.3, -0.25) is 9.59 Å². The molecule has 2 unspecified atom stereocenters. The minimum absolute atomic E-state index is 0.00667. The first-order valence-electron chi connectivity index (χ1n) is 5.23. The van der Waals surface area contributed by atoms with E-state index in [0.29, 0.717) is 0 Å². The van der Waals surface area contributed by atoms with E-state index in [1.54, 1.807) is 18.7 Å². The zero-order chi connectivity index (χ0) is 11.3. The monoisotopic (exact) mass is 231 g/mol. The van der Waals surface area contributed by atoms with Crippen molar-refractivity contribution < 1.29 is 14.7 Å². The van der Waals surface area contributed by atoms with Crippen LogP contribution in [0.3, 0.4) is 0 Å². The molecule has 15 heavy (non-hydrogen) atoms. The van der Waals surface area contributed by atoms with Crippen LogP contribution in [0.5, 0.6) is 0 Å². The fourth-order valence-electron chi connectivity index (χ4n) is 1.40. The molecule has 0 aromatic rings. The van der Waals surface area contributed by atoms with E-state index in [-0.39, 0.29) is 17.7 Å². The lowest BCUT2D eigenvalue weighted by molar-refractivity contribution is -0.141. The van der Waals surface area contributed by atoms with Gasteiger partial charge in [-0.25, -0.2) is 0 Å². The van der Waals surface area contributed by atoms with Crippen LogP contribution < -0.4 is 5.32 Å². The molecule has 2 N–H and O–H groups in total. The van der Waals surface area contributed by atoms with Gasteiger partial charge in [0, 0.05) is 6.54 Å². The minimum Gasteiger partial charge on any atom is -0.481 e. The van der Waals surface area contributed by atoms with Gasteiger partial charge in [0.2, 0.25) is 5.91 Å². The number of hydrogen-bond acceptors (Lipinski definition) is 3. The molecule has 0 saturated carbocycles. The molecule has 0 aliphatic carbocycles. The number of nitrogens with one attached hydrogen (secondary N) is 1. The Bertz CT molecular complexity index is 239. The smallest absolute Gasteiger partial charge is 0.308 e. The van der Waals surface area contributed by atoms with Gasteiger partial charge >= 0.3 is 5.97 Å². The summed E-state index contributed by atoms with van der Waals surface area (Å²) in [7, 11) is 0. The molecular weight excluding hydrogens is 214 g/mol. The van der Waals surface area contributed by atoms with Gasteiger partial charge in [0.15, 0.2) is 0 Å². The molecule has 0 aromatic heterocycles. The highest BCUT2D eigenvalue weighted by Crippen LogP contribution is 2.24. The van der Waals surface area contributed by atoms with Crippen molar-refractivity contribution in [3.8, 4) is 0 Å². The number of amides is 1. The van der Waals surface area contributed by atoms with Gasteiger partial charge in [0.05, 0.1) is 11.2 Å². The van der Waals surface area contributed by atoms with Crippen molar-refractivity contribution >= 4 is 23.6 Å². The fraction of sp³-hybridized carbons (Fsp3) is 0.800. The fourth-order valence-corrected chi connectivity index (χ4v) is 2.63. The standard InChI is InChI=1S/C10H17NO3S/c1-7(10(13)14)6-11-9(12)8-4-2-3-5-15-8/h7-8H,2-6H2,1H3,(H,11,12)(H,13,14). The average molecular weight is 231 g/mol. The van der Waals surface area contributed by atoms with Crippen molar-refractivity contribution in [2.45, 2.75) is 31.4 Å². The Morgan fingerprint density at radius 3 is 2.80 bits per heavy atom. The topological polar surface area (TPSA) is 66.4 Å². The Balaban J connectivity index is 2.25. The first-order valence-corrected chi connectivity index (χ1v) is 6.28. The molecule has 0 bridgehead atoms. The Kier molecular flexibility index (Phi) is 4.94. The van der Waals surface area contributed by atoms with Crippen molar-refractivity contribution in [1.29, 1.82) is 0 Å². The van der Waals surface area contributed by atoms with Crippen LogP contribution in [0.15, 0.2) is 0 Å². The lowest BCUT2D eigenvalue weighted by Crippen LogP contribution is -2.38. The molecule has 1 amide bonds. The molecule has 5 heteroatoms. The van der Waals surface area contributed by atoms with Gasteiger partial charge in [-0.15, -0.1) is 11.8 Å². The maximum atomic E-state index is 11.6. The van der Waals surface area contributed by atoms with E-state index < -0.39 is 11.9 Å². The van der Waals surface area contributed by atoms with Crippen molar-refractivity contribution in [3.63, 3.8) is 0 Å². The molecule has 2 atom stereocenters. The largest absolute Gasteiger partial charge is 0.481 e. The molecular formula is C10H17NO3S. The number of hydrogen-bond donors (Lipinski definition) is 2. The Morgan fingerprint density at radius 1 is 1.53 bits per heavy atom. The summed E-state index contributed by atoms with van der Waals surface area (Å²) in [5.41, 5.74) is 0. The average Bonchev–Trinajstić information content (AvgIpc) is 2.26. The van der Waals surface area contributed by atoms with Crippen LogP contribution in [0, 0.1) is 5.92 Å². The van der Waals surface area contributed by atoms with Gasteiger partial charge in [-0.2, -0.15) is 0 Å². The third-order valence-electron chi connectivity index (χ3n) is 2.48. The summed E-state index contributed by atoms with van der Waals surface area (Å²) in [5, 5.41) is 11.4. The van der Waals surface area contributed by atoms with Gasteiger partial charge in [-0.1, -0.05) is 13.3 Å². The number of carbonyl (C=O) groups excluding carboxylic acids is 1. The van der Waals surface area contributed by atoms with Crippen LogP contribution >= 0.6 is 11.8 Å². The highest BCUT2D eigenvalue weighted by molar-refractivity contribution is 8.00. The minimum atomic E-state index is -0.869. The van der Waals surface area contributed by atoms with E-state index in [4.69, 9.17) is 5.11 Å². The molecule has 4 nitrogen and oxygen atoms in total. The summed E-state index contributed by atoms with van der Waals surface area (Å²) in [5.74, 6) is -0.353. The number of carbonyl (C=O) groups is 2. The van der Waals surface area contributed by atoms with E-state index in [2.05, 4.69) is 5.32 Å². The van der Waals surface area contributed by atoms with E-state index in [9.17, 15) is 9.59 Å². The summed E-state index contributed by atoms with van der Waals surface area (Å²) in [6, 6.07) is 0. The third-order valence-corrected chi connectivity index (χ3v) is 3.85. The normalized spacial score (nSPS) is 23.1. The number of carboxylic acid groups (broad SMARTS) is 1. The summed E-state index contributed by atoms with van der Waals surface area (Å²) in [6.45, 7) is 1.82. The van der Waals surface area contributed by atoms with Crippen molar-refractivity contribution in [2.24, 2.45) is 5.92 Å². The van der Waals surface area contributed by atoms with Gasteiger partial charge in [0.25, 0.3) is 0 Å². The zero-order valence-corrected chi connectivity index (χ0v) is 9.68.